The van der Waals surface area contributed by atoms with Crippen LogP contribution in [0.5, 0.6) is 11.5 Å². The van der Waals surface area contributed by atoms with E-state index in [1.54, 1.807) is 14.2 Å². The van der Waals surface area contributed by atoms with E-state index in [2.05, 4.69) is 39.8 Å². The van der Waals surface area contributed by atoms with Crippen molar-refractivity contribution in [2.24, 2.45) is 11.8 Å². The van der Waals surface area contributed by atoms with Gasteiger partial charge in [-0.2, -0.15) is 11.8 Å². The highest BCUT2D eigenvalue weighted by atomic mass is 79.9. The normalized spacial score (nSPS) is 25.6. The van der Waals surface area contributed by atoms with Crippen molar-refractivity contribution in [2.45, 2.75) is 37.4 Å². The minimum atomic E-state index is 0.450. The highest BCUT2D eigenvalue weighted by Gasteiger charge is 2.32. The summed E-state index contributed by atoms with van der Waals surface area (Å²) in [6, 6.07) is 4.34. The molecular weight excluding hydrogens is 360 g/mol. The number of rotatable bonds is 4. The van der Waals surface area contributed by atoms with Crippen LogP contribution in [-0.4, -0.2) is 25.3 Å². The van der Waals surface area contributed by atoms with Gasteiger partial charge in [0.05, 0.1) is 14.2 Å². The van der Waals surface area contributed by atoms with Gasteiger partial charge in [0, 0.05) is 16.1 Å². The first-order valence-corrected chi connectivity index (χ1v) is 10.4. The Hall–Kier alpha value is -0.350. The van der Waals surface area contributed by atoms with Crippen LogP contribution in [0.25, 0.3) is 0 Å². The third-order valence-electron chi connectivity index (χ3n) is 5.20. The van der Waals surface area contributed by atoms with Crippen LogP contribution >= 0.6 is 27.7 Å². The van der Waals surface area contributed by atoms with Crippen molar-refractivity contribution in [1.29, 1.82) is 0 Å². The Kier molecular flexibility index (Phi) is 5.61. The molecular formula is C18H25BrO2S. The van der Waals surface area contributed by atoms with E-state index in [4.69, 9.17) is 9.47 Å². The summed E-state index contributed by atoms with van der Waals surface area (Å²) in [6.45, 7) is 0. The molecule has 0 aromatic heterocycles. The van der Waals surface area contributed by atoms with E-state index in [-0.39, 0.29) is 0 Å². The van der Waals surface area contributed by atoms with E-state index in [9.17, 15) is 0 Å². The SMILES string of the molecule is COc1ccc2c(c1OC)C(CBr)SCC(C1CCCC1)C2. The van der Waals surface area contributed by atoms with Gasteiger partial charge in [-0.3, -0.25) is 0 Å². The molecule has 0 spiro atoms. The monoisotopic (exact) mass is 384 g/mol. The standard InChI is InChI=1S/C18H25BrO2S/c1-20-15-8-7-13-9-14(12-5-3-4-6-12)11-22-16(10-19)17(13)18(15)21-2/h7-8,12,14,16H,3-6,9-11H2,1-2H3. The molecule has 2 nitrogen and oxygen atoms in total. The quantitative estimate of drug-likeness (QED) is 0.661. The van der Waals surface area contributed by atoms with Crippen molar-refractivity contribution >= 4 is 27.7 Å². The second kappa shape index (κ2) is 7.48. The van der Waals surface area contributed by atoms with Gasteiger partial charge in [-0.05, 0) is 35.6 Å². The number of methoxy groups -OCH3 is 2. The summed E-state index contributed by atoms with van der Waals surface area (Å²) in [7, 11) is 3.48. The number of thioether (sulfide) groups is 1. The number of hydrogen-bond acceptors (Lipinski definition) is 3. The fraction of sp³-hybridized carbons (Fsp3) is 0.667. The first-order chi connectivity index (χ1) is 10.8. The lowest BCUT2D eigenvalue weighted by Gasteiger charge is -2.21. The fourth-order valence-corrected chi connectivity index (χ4v) is 6.31. The number of alkyl halides is 1. The maximum absolute atomic E-state index is 5.72. The summed E-state index contributed by atoms with van der Waals surface area (Å²) in [5.41, 5.74) is 2.81. The summed E-state index contributed by atoms with van der Waals surface area (Å²) >= 11 is 5.80. The summed E-state index contributed by atoms with van der Waals surface area (Å²) in [6.07, 6.45) is 6.88. The molecule has 22 heavy (non-hydrogen) atoms. The molecule has 0 amide bonds. The maximum atomic E-state index is 5.72. The molecule has 3 rings (SSSR count). The second-order valence-electron chi connectivity index (χ2n) is 6.36. The van der Waals surface area contributed by atoms with Gasteiger partial charge in [0.2, 0.25) is 0 Å². The zero-order valence-corrected chi connectivity index (χ0v) is 15.8. The fourth-order valence-electron chi connectivity index (χ4n) is 4.04. The maximum Gasteiger partial charge on any atom is 0.165 e. The van der Waals surface area contributed by atoms with E-state index >= 15 is 0 Å². The predicted octanol–water partition coefficient (Wildman–Crippen LogP) is 5.24. The van der Waals surface area contributed by atoms with Gasteiger partial charge in [-0.1, -0.05) is 47.7 Å². The van der Waals surface area contributed by atoms with Crippen molar-refractivity contribution in [3.8, 4) is 11.5 Å². The molecule has 1 aromatic carbocycles. The van der Waals surface area contributed by atoms with Crippen LogP contribution < -0.4 is 9.47 Å². The van der Waals surface area contributed by atoms with Crippen LogP contribution in [0, 0.1) is 11.8 Å². The van der Waals surface area contributed by atoms with Crippen LogP contribution in [0.1, 0.15) is 42.1 Å². The Balaban J connectivity index is 1.97. The van der Waals surface area contributed by atoms with Gasteiger partial charge in [-0.15, -0.1) is 0 Å². The molecule has 2 unspecified atom stereocenters. The molecule has 1 aliphatic heterocycles. The first-order valence-electron chi connectivity index (χ1n) is 8.19. The highest BCUT2D eigenvalue weighted by molar-refractivity contribution is 9.09. The highest BCUT2D eigenvalue weighted by Crippen LogP contribution is 2.49. The molecule has 1 heterocycles. The van der Waals surface area contributed by atoms with E-state index in [1.165, 1.54) is 49.0 Å². The Morgan fingerprint density at radius 1 is 1.14 bits per heavy atom. The van der Waals surface area contributed by atoms with Crippen molar-refractivity contribution in [2.75, 3.05) is 25.3 Å². The third kappa shape index (κ3) is 3.14. The third-order valence-corrected chi connectivity index (χ3v) is 7.70. The predicted molar refractivity (Wildman–Crippen MR) is 97.7 cm³/mol. The van der Waals surface area contributed by atoms with Crippen LogP contribution in [0.15, 0.2) is 12.1 Å². The molecule has 4 heteroatoms. The van der Waals surface area contributed by atoms with E-state index in [0.29, 0.717) is 5.25 Å². The first kappa shape index (κ1) is 16.5. The van der Waals surface area contributed by atoms with Crippen molar-refractivity contribution in [3.63, 3.8) is 0 Å². The van der Waals surface area contributed by atoms with Gasteiger partial charge in [0.25, 0.3) is 0 Å². The van der Waals surface area contributed by atoms with Crippen LogP contribution in [0.3, 0.4) is 0 Å². The molecule has 122 valence electrons. The van der Waals surface area contributed by atoms with Crippen molar-refractivity contribution in [1.82, 2.24) is 0 Å². The minimum Gasteiger partial charge on any atom is -0.493 e. The zero-order valence-electron chi connectivity index (χ0n) is 13.4. The average molecular weight is 385 g/mol. The minimum absolute atomic E-state index is 0.450. The molecule has 0 bridgehead atoms. The lowest BCUT2D eigenvalue weighted by molar-refractivity contribution is 0.349. The van der Waals surface area contributed by atoms with E-state index in [1.807, 2.05) is 0 Å². The van der Waals surface area contributed by atoms with Gasteiger partial charge >= 0.3 is 0 Å². The Morgan fingerprint density at radius 2 is 1.91 bits per heavy atom. The van der Waals surface area contributed by atoms with E-state index < -0.39 is 0 Å². The van der Waals surface area contributed by atoms with Gasteiger partial charge < -0.3 is 9.47 Å². The number of fused-ring (bicyclic) bond motifs is 1. The summed E-state index contributed by atoms with van der Waals surface area (Å²) in [5.74, 6) is 4.79. The van der Waals surface area contributed by atoms with Crippen molar-refractivity contribution < 1.29 is 9.47 Å². The van der Waals surface area contributed by atoms with Crippen LogP contribution in [0.4, 0.5) is 0 Å². The smallest absolute Gasteiger partial charge is 0.165 e. The van der Waals surface area contributed by atoms with E-state index in [0.717, 1.165) is 28.7 Å². The number of ether oxygens (including phenoxy) is 2. The van der Waals surface area contributed by atoms with Crippen molar-refractivity contribution in [3.05, 3.63) is 23.3 Å². The molecule has 1 aliphatic carbocycles. The van der Waals surface area contributed by atoms with Gasteiger partial charge in [0.1, 0.15) is 0 Å². The lowest BCUT2D eigenvalue weighted by Crippen LogP contribution is -2.16. The lowest BCUT2D eigenvalue weighted by atomic mass is 9.85. The Morgan fingerprint density at radius 3 is 2.55 bits per heavy atom. The molecule has 1 aromatic rings. The summed E-state index contributed by atoms with van der Waals surface area (Å²) in [4.78, 5) is 0. The van der Waals surface area contributed by atoms with Crippen LogP contribution in [0.2, 0.25) is 0 Å². The second-order valence-corrected chi connectivity index (χ2v) is 8.24. The molecule has 1 saturated carbocycles. The zero-order chi connectivity index (χ0) is 15.5. The van der Waals surface area contributed by atoms with Crippen LogP contribution in [-0.2, 0) is 6.42 Å². The number of halogens is 1. The molecule has 2 aliphatic rings. The molecule has 2 atom stereocenters. The molecule has 0 saturated heterocycles. The molecule has 1 fully saturated rings. The number of benzene rings is 1. The topological polar surface area (TPSA) is 18.5 Å². The van der Waals surface area contributed by atoms with Gasteiger partial charge in [-0.25, -0.2) is 0 Å². The molecule has 0 N–H and O–H groups in total. The largest absolute Gasteiger partial charge is 0.493 e. The molecule has 0 radical (unpaired) electrons. The summed E-state index contributed by atoms with van der Waals surface area (Å²) < 4.78 is 11.2. The Labute approximate surface area is 146 Å². The summed E-state index contributed by atoms with van der Waals surface area (Å²) in [5, 5.41) is 1.41. The van der Waals surface area contributed by atoms with Gasteiger partial charge in [0.15, 0.2) is 11.5 Å². The number of hydrogen-bond donors (Lipinski definition) is 0. The Bertz CT molecular complexity index is 514. The average Bonchev–Trinajstić information content (AvgIpc) is 3.02.